The van der Waals surface area contributed by atoms with Gasteiger partial charge in [0, 0.05) is 31.8 Å². The third-order valence-electron chi connectivity index (χ3n) is 3.06. The van der Waals surface area contributed by atoms with Gasteiger partial charge in [-0.3, -0.25) is 14.9 Å². The number of carbonyl (C=O) groups excluding carboxylic acids is 2. The van der Waals surface area contributed by atoms with Crippen molar-refractivity contribution < 1.29 is 14.5 Å². The summed E-state index contributed by atoms with van der Waals surface area (Å²) in [5.74, 6) is -0.265. The van der Waals surface area contributed by atoms with Crippen LogP contribution in [0.25, 0.3) is 0 Å². The highest BCUT2D eigenvalue weighted by atomic mass is 16.6. The molecular formula is C15H23N5O4. The molecule has 9 heteroatoms. The molecule has 0 aromatic heterocycles. The number of carbonyl (C=O) groups is 2. The van der Waals surface area contributed by atoms with Gasteiger partial charge < -0.3 is 21.3 Å². The molecule has 3 amide bonds. The maximum atomic E-state index is 11.6. The Kier molecular flexibility index (Phi) is 8.84. The van der Waals surface area contributed by atoms with Crippen molar-refractivity contribution in [3.8, 4) is 0 Å². The molecule has 0 aliphatic carbocycles. The number of benzene rings is 1. The van der Waals surface area contributed by atoms with Gasteiger partial charge in [-0.05, 0) is 18.5 Å². The maximum Gasteiger partial charge on any atom is 0.315 e. The molecule has 0 aliphatic rings. The molecule has 9 nitrogen and oxygen atoms in total. The van der Waals surface area contributed by atoms with Crippen molar-refractivity contribution >= 4 is 17.6 Å². The Bertz CT molecular complexity index is 547. The summed E-state index contributed by atoms with van der Waals surface area (Å²) in [5, 5.41) is 21.4. The number of non-ortho nitro benzene ring substituents is 1. The van der Waals surface area contributed by atoms with Crippen LogP contribution in [0.3, 0.4) is 0 Å². The number of amides is 3. The molecule has 0 fully saturated rings. The van der Waals surface area contributed by atoms with Crippen molar-refractivity contribution in [2.45, 2.75) is 19.9 Å². The van der Waals surface area contributed by atoms with Gasteiger partial charge in [-0.2, -0.15) is 0 Å². The highest BCUT2D eigenvalue weighted by Crippen LogP contribution is 2.11. The Labute approximate surface area is 140 Å². The maximum absolute atomic E-state index is 11.6. The second-order valence-corrected chi connectivity index (χ2v) is 5.06. The molecule has 1 aromatic carbocycles. The third kappa shape index (κ3) is 8.08. The Morgan fingerprint density at radius 2 is 1.75 bits per heavy atom. The number of nitrogens with zero attached hydrogens (tertiary/aromatic N) is 1. The Hall–Kier alpha value is -2.68. The van der Waals surface area contributed by atoms with E-state index in [-0.39, 0.29) is 24.7 Å². The normalized spacial score (nSPS) is 10.0. The number of urea groups is 1. The molecule has 0 atom stereocenters. The van der Waals surface area contributed by atoms with E-state index in [2.05, 4.69) is 28.2 Å². The van der Waals surface area contributed by atoms with Crippen molar-refractivity contribution in [1.82, 2.24) is 21.3 Å². The molecule has 0 aliphatic heterocycles. The molecule has 0 bridgehead atoms. The zero-order valence-corrected chi connectivity index (χ0v) is 13.6. The van der Waals surface area contributed by atoms with Crippen molar-refractivity contribution in [2.75, 3.05) is 26.2 Å². The number of nitrogens with one attached hydrogen (secondary N) is 4. The predicted octanol–water partition coefficient (Wildman–Crippen LogP) is 0.510. The van der Waals surface area contributed by atoms with Crippen molar-refractivity contribution in [2.24, 2.45) is 0 Å². The zero-order valence-electron chi connectivity index (χ0n) is 13.6. The molecule has 0 saturated carbocycles. The number of nitro groups is 1. The average Bonchev–Trinajstić information content (AvgIpc) is 2.58. The summed E-state index contributed by atoms with van der Waals surface area (Å²) < 4.78 is 0. The van der Waals surface area contributed by atoms with Crippen molar-refractivity contribution in [1.29, 1.82) is 0 Å². The molecule has 0 saturated heterocycles. The minimum atomic E-state index is -0.486. The topological polar surface area (TPSA) is 125 Å². The second kappa shape index (κ2) is 10.9. The third-order valence-corrected chi connectivity index (χ3v) is 3.06. The van der Waals surface area contributed by atoms with E-state index in [1.165, 1.54) is 12.1 Å². The van der Waals surface area contributed by atoms with E-state index in [0.29, 0.717) is 13.1 Å². The average molecular weight is 337 g/mol. The number of rotatable bonds is 10. The van der Waals surface area contributed by atoms with Gasteiger partial charge in [0.15, 0.2) is 0 Å². The molecule has 0 unspecified atom stereocenters. The van der Waals surface area contributed by atoms with Crippen molar-refractivity contribution in [3.63, 3.8) is 0 Å². The number of nitro benzene ring substituents is 1. The van der Waals surface area contributed by atoms with Gasteiger partial charge in [0.1, 0.15) is 0 Å². The summed E-state index contributed by atoms with van der Waals surface area (Å²) in [5.41, 5.74) is 0.718. The summed E-state index contributed by atoms with van der Waals surface area (Å²) in [6.45, 7) is 4.26. The fourth-order valence-electron chi connectivity index (χ4n) is 1.80. The van der Waals surface area contributed by atoms with E-state index in [4.69, 9.17) is 0 Å². The monoisotopic (exact) mass is 337 g/mol. The summed E-state index contributed by atoms with van der Waals surface area (Å²) in [7, 11) is 0. The van der Waals surface area contributed by atoms with E-state index < -0.39 is 11.0 Å². The van der Waals surface area contributed by atoms with Crippen LogP contribution in [0, 0.1) is 10.1 Å². The molecular weight excluding hydrogens is 314 g/mol. The van der Waals surface area contributed by atoms with E-state index in [0.717, 1.165) is 18.5 Å². The molecule has 0 heterocycles. The van der Waals surface area contributed by atoms with Crippen LogP contribution in [0.4, 0.5) is 10.5 Å². The number of hydrogen-bond donors (Lipinski definition) is 4. The van der Waals surface area contributed by atoms with Gasteiger partial charge in [0.2, 0.25) is 5.91 Å². The lowest BCUT2D eigenvalue weighted by atomic mass is 10.2. The molecule has 1 aromatic rings. The van der Waals surface area contributed by atoms with E-state index >= 15 is 0 Å². The Morgan fingerprint density at radius 3 is 2.38 bits per heavy atom. The van der Waals surface area contributed by atoms with Gasteiger partial charge in [0.05, 0.1) is 11.5 Å². The molecule has 132 valence electrons. The summed E-state index contributed by atoms with van der Waals surface area (Å²) >= 11 is 0. The van der Waals surface area contributed by atoms with Crippen molar-refractivity contribution in [3.05, 3.63) is 39.9 Å². The molecule has 0 spiro atoms. The molecule has 1 rings (SSSR count). The Morgan fingerprint density at radius 1 is 1.04 bits per heavy atom. The van der Waals surface area contributed by atoms with Gasteiger partial charge in [-0.1, -0.05) is 19.1 Å². The first kappa shape index (κ1) is 19.4. The summed E-state index contributed by atoms with van der Waals surface area (Å²) in [4.78, 5) is 33.2. The fraction of sp³-hybridized carbons (Fsp3) is 0.467. The lowest BCUT2D eigenvalue weighted by Gasteiger charge is -2.09. The fourth-order valence-corrected chi connectivity index (χ4v) is 1.80. The van der Waals surface area contributed by atoms with Crippen LogP contribution in [-0.2, 0) is 11.3 Å². The van der Waals surface area contributed by atoms with E-state index in [9.17, 15) is 19.7 Å². The first-order valence-corrected chi connectivity index (χ1v) is 7.75. The predicted molar refractivity (Wildman–Crippen MR) is 89.5 cm³/mol. The lowest BCUT2D eigenvalue weighted by Crippen LogP contribution is -2.43. The zero-order chi connectivity index (χ0) is 17.8. The Balaban J connectivity index is 2.17. The van der Waals surface area contributed by atoms with Gasteiger partial charge >= 0.3 is 6.03 Å². The van der Waals surface area contributed by atoms with Crippen LogP contribution in [-0.4, -0.2) is 43.0 Å². The first-order valence-electron chi connectivity index (χ1n) is 7.75. The largest absolute Gasteiger partial charge is 0.353 e. The van der Waals surface area contributed by atoms with E-state index in [1.807, 2.05) is 0 Å². The minimum Gasteiger partial charge on any atom is -0.353 e. The van der Waals surface area contributed by atoms with Crippen LogP contribution in [0.2, 0.25) is 0 Å². The molecule has 4 N–H and O–H groups in total. The van der Waals surface area contributed by atoms with Gasteiger partial charge in [-0.25, -0.2) is 4.79 Å². The highest BCUT2D eigenvalue weighted by molar-refractivity contribution is 5.83. The quantitative estimate of drug-likeness (QED) is 0.281. The van der Waals surface area contributed by atoms with Crippen LogP contribution < -0.4 is 21.3 Å². The minimum absolute atomic E-state index is 0.00620. The SMILES string of the molecule is CCCNCCNC(=O)CNC(=O)NCc1ccc([N+](=O)[O-])cc1. The lowest BCUT2D eigenvalue weighted by molar-refractivity contribution is -0.384. The van der Waals surface area contributed by atoms with Gasteiger partial charge in [-0.15, -0.1) is 0 Å². The summed E-state index contributed by atoms with van der Waals surface area (Å²) in [6, 6.07) is 5.39. The van der Waals surface area contributed by atoms with Gasteiger partial charge in [0.25, 0.3) is 5.69 Å². The molecule has 0 radical (unpaired) electrons. The second-order valence-electron chi connectivity index (χ2n) is 5.06. The van der Waals surface area contributed by atoms with Crippen LogP contribution in [0.1, 0.15) is 18.9 Å². The van der Waals surface area contributed by atoms with E-state index in [1.54, 1.807) is 12.1 Å². The molecule has 24 heavy (non-hydrogen) atoms. The van der Waals surface area contributed by atoms with Crippen LogP contribution in [0.15, 0.2) is 24.3 Å². The highest BCUT2D eigenvalue weighted by Gasteiger charge is 2.06. The smallest absolute Gasteiger partial charge is 0.315 e. The standard InChI is InChI=1S/C15H23N5O4/c1-2-7-16-8-9-17-14(21)11-19-15(22)18-10-12-3-5-13(6-4-12)20(23)24/h3-6,16H,2,7-11H2,1H3,(H,17,21)(H2,18,19,22). The van der Waals surface area contributed by atoms with Crippen LogP contribution >= 0.6 is 0 Å². The van der Waals surface area contributed by atoms with Crippen LogP contribution in [0.5, 0.6) is 0 Å². The summed E-state index contributed by atoms with van der Waals surface area (Å²) in [6.07, 6.45) is 1.03. The number of hydrogen-bond acceptors (Lipinski definition) is 5. The first-order chi connectivity index (χ1) is 11.5.